The van der Waals surface area contributed by atoms with Gasteiger partial charge in [0.25, 0.3) is 5.91 Å². The fraction of sp³-hybridized carbons (Fsp3) is 0.455. The molecule has 0 N–H and O–H groups in total. The largest absolute Gasteiger partial charge is 0.480 e. The molecule has 1 aliphatic heterocycles. The zero-order valence-electron chi connectivity index (χ0n) is 18.4. The first-order valence-electron chi connectivity index (χ1n) is 10.4. The number of carbonyl (C=O) groups excluding carboxylic acids is 1. The van der Waals surface area contributed by atoms with Crippen molar-refractivity contribution in [1.82, 2.24) is 9.88 Å². The number of benzene rings is 1. The molecule has 0 spiro atoms. The molecule has 1 aliphatic carbocycles. The van der Waals surface area contributed by atoms with Gasteiger partial charge in [0.05, 0.1) is 16.0 Å². The molecule has 4 rings (SSSR count). The van der Waals surface area contributed by atoms with E-state index in [2.05, 4.69) is 4.98 Å². The lowest BCUT2D eigenvalue weighted by atomic mass is 9.95. The lowest BCUT2D eigenvalue weighted by Crippen LogP contribution is -2.35. The molecule has 2 aromatic rings. The van der Waals surface area contributed by atoms with Crippen molar-refractivity contribution in [3.63, 3.8) is 0 Å². The average molecular weight is 522 g/mol. The monoisotopic (exact) mass is 522 g/mol. The summed E-state index contributed by atoms with van der Waals surface area (Å²) in [6.07, 6.45) is -8.16. The summed E-state index contributed by atoms with van der Waals surface area (Å²) in [6, 6.07) is 3.99. The van der Waals surface area contributed by atoms with Crippen LogP contribution in [-0.4, -0.2) is 55.8 Å². The van der Waals surface area contributed by atoms with Gasteiger partial charge >= 0.3 is 12.4 Å². The highest BCUT2D eigenvalue weighted by atomic mass is 32.2. The average Bonchev–Trinajstić information content (AvgIpc) is 3.32. The van der Waals surface area contributed by atoms with E-state index in [1.807, 2.05) is 0 Å². The molecule has 1 unspecified atom stereocenters. The number of alkyl halides is 6. The number of nitrogens with zero attached hydrogens (tertiary/aromatic N) is 2. The smallest absolute Gasteiger partial charge is 0.425 e. The first kappa shape index (κ1) is 25.3. The first-order chi connectivity index (χ1) is 16.0. The maximum Gasteiger partial charge on any atom is 0.425 e. The Balaban J connectivity index is 1.65. The summed E-state index contributed by atoms with van der Waals surface area (Å²) in [4.78, 5) is 18.0. The van der Waals surface area contributed by atoms with E-state index in [1.54, 1.807) is 0 Å². The molecule has 13 heteroatoms. The van der Waals surface area contributed by atoms with Crippen LogP contribution >= 0.6 is 0 Å². The predicted octanol–water partition coefficient (Wildman–Crippen LogP) is 4.25. The van der Waals surface area contributed by atoms with Gasteiger partial charge in [-0.15, -0.1) is 0 Å². The van der Waals surface area contributed by atoms with E-state index in [9.17, 15) is 39.6 Å². The molecule has 2 heterocycles. The minimum absolute atomic E-state index is 0.0108. The molecule has 0 radical (unpaired) electrons. The Morgan fingerprint density at radius 3 is 2.46 bits per heavy atom. The quantitative estimate of drug-likeness (QED) is 0.549. The van der Waals surface area contributed by atoms with Gasteiger partial charge in [0.15, 0.2) is 15.9 Å². The second kappa shape index (κ2) is 8.10. The minimum Gasteiger partial charge on any atom is -0.480 e. The number of amides is 1. The van der Waals surface area contributed by atoms with Gasteiger partial charge in [-0.1, -0.05) is 0 Å². The molecule has 1 saturated carbocycles. The Hall–Kier alpha value is -2.83. The van der Waals surface area contributed by atoms with E-state index in [0.29, 0.717) is 18.2 Å². The van der Waals surface area contributed by atoms with Crippen LogP contribution in [0.3, 0.4) is 0 Å². The number of piperidine rings is 1. The van der Waals surface area contributed by atoms with Crippen LogP contribution in [-0.2, 0) is 21.4 Å². The number of pyridine rings is 1. The standard InChI is InChI=1S/C22H20F6N2O4S/c1-12(21(23,24)25)34-18-4-3-16(35(2,32)33)6-17(18)19(31)30-10-15-7-20(15,11-30)13-5-14(9-29-8-13)22(26,27)28/h3-6,8-9,12,15H,7,10-11H2,1-2H3/t12-,15?,20+/m1/s1. The van der Waals surface area contributed by atoms with Crippen molar-refractivity contribution >= 4 is 15.7 Å². The summed E-state index contributed by atoms with van der Waals surface area (Å²) in [5.74, 6) is -1.37. The summed E-state index contributed by atoms with van der Waals surface area (Å²) >= 11 is 0. The molecule has 190 valence electrons. The van der Waals surface area contributed by atoms with E-state index in [-0.39, 0.29) is 29.5 Å². The van der Waals surface area contributed by atoms with E-state index < -0.39 is 50.9 Å². The second-order valence-corrected chi connectivity index (χ2v) is 11.0. The summed E-state index contributed by atoms with van der Waals surface area (Å²) in [6.45, 7) is 0.905. The fourth-order valence-electron chi connectivity index (χ4n) is 4.39. The Bertz CT molecular complexity index is 1280. The number of hydrogen-bond donors (Lipinski definition) is 0. The number of halogens is 6. The van der Waals surface area contributed by atoms with E-state index in [4.69, 9.17) is 4.74 Å². The Kier molecular flexibility index (Phi) is 5.85. The zero-order valence-corrected chi connectivity index (χ0v) is 19.3. The Labute approximate surface area is 196 Å². The molecule has 1 saturated heterocycles. The molecule has 1 aromatic carbocycles. The Morgan fingerprint density at radius 2 is 1.86 bits per heavy atom. The zero-order chi connectivity index (χ0) is 26.0. The van der Waals surface area contributed by atoms with Crippen LogP contribution < -0.4 is 4.74 Å². The van der Waals surface area contributed by atoms with Crippen LogP contribution in [0, 0.1) is 5.92 Å². The third-order valence-corrected chi connectivity index (χ3v) is 7.56. The predicted molar refractivity (Wildman–Crippen MR) is 111 cm³/mol. The summed E-state index contributed by atoms with van der Waals surface area (Å²) in [7, 11) is -3.80. The number of carbonyl (C=O) groups is 1. The van der Waals surface area contributed by atoms with Gasteiger partial charge in [-0.05, 0) is 49.1 Å². The van der Waals surface area contributed by atoms with Gasteiger partial charge in [0.1, 0.15) is 5.75 Å². The van der Waals surface area contributed by atoms with Gasteiger partial charge < -0.3 is 9.64 Å². The number of fused-ring (bicyclic) bond motifs is 1. The van der Waals surface area contributed by atoms with Gasteiger partial charge in [-0.25, -0.2) is 8.42 Å². The van der Waals surface area contributed by atoms with Crippen molar-refractivity contribution < 1.29 is 44.3 Å². The molecule has 35 heavy (non-hydrogen) atoms. The lowest BCUT2D eigenvalue weighted by Gasteiger charge is -2.24. The van der Waals surface area contributed by atoms with Crippen LogP contribution in [0.5, 0.6) is 5.75 Å². The van der Waals surface area contributed by atoms with E-state index >= 15 is 0 Å². The van der Waals surface area contributed by atoms with Crippen LogP contribution in [0.25, 0.3) is 0 Å². The highest BCUT2D eigenvalue weighted by molar-refractivity contribution is 7.90. The molecule has 1 amide bonds. The number of hydrogen-bond acceptors (Lipinski definition) is 5. The number of aromatic nitrogens is 1. The van der Waals surface area contributed by atoms with Crippen LogP contribution in [0.15, 0.2) is 41.6 Å². The van der Waals surface area contributed by atoms with Crippen molar-refractivity contribution in [2.75, 3.05) is 19.3 Å². The minimum atomic E-state index is -4.73. The van der Waals surface area contributed by atoms with E-state index in [0.717, 1.165) is 37.4 Å². The highest BCUT2D eigenvalue weighted by Gasteiger charge is 2.62. The van der Waals surface area contributed by atoms with Crippen LogP contribution in [0.4, 0.5) is 26.3 Å². The molecule has 2 fully saturated rings. The normalized spacial score (nSPS) is 23.1. The molecule has 2 aliphatic rings. The van der Waals surface area contributed by atoms with E-state index in [1.165, 1.54) is 11.1 Å². The molecule has 3 atom stereocenters. The van der Waals surface area contributed by atoms with Gasteiger partial charge in [0.2, 0.25) is 0 Å². The van der Waals surface area contributed by atoms with Crippen molar-refractivity contribution in [3.8, 4) is 5.75 Å². The fourth-order valence-corrected chi connectivity index (χ4v) is 5.04. The van der Waals surface area contributed by atoms with Gasteiger partial charge in [0, 0.05) is 37.2 Å². The maximum absolute atomic E-state index is 13.3. The number of sulfone groups is 1. The maximum atomic E-state index is 13.3. The molecular formula is C22H20F6N2O4S. The van der Waals surface area contributed by atoms with Crippen molar-refractivity contribution in [2.24, 2.45) is 5.92 Å². The molecule has 1 aromatic heterocycles. The third kappa shape index (κ3) is 4.82. The summed E-state index contributed by atoms with van der Waals surface area (Å²) < 4.78 is 107. The summed E-state index contributed by atoms with van der Waals surface area (Å²) in [5.41, 5.74) is -1.72. The molecule has 0 bridgehead atoms. The van der Waals surface area contributed by atoms with Gasteiger partial charge in [-0.3, -0.25) is 9.78 Å². The number of rotatable bonds is 5. The van der Waals surface area contributed by atoms with Crippen molar-refractivity contribution in [2.45, 2.75) is 42.1 Å². The number of likely N-dealkylation sites (tertiary alicyclic amines) is 1. The van der Waals surface area contributed by atoms with Crippen LogP contribution in [0.1, 0.15) is 34.8 Å². The first-order valence-corrected chi connectivity index (χ1v) is 12.3. The van der Waals surface area contributed by atoms with Crippen LogP contribution in [0.2, 0.25) is 0 Å². The topological polar surface area (TPSA) is 76.6 Å². The summed E-state index contributed by atoms with van der Waals surface area (Å²) in [5, 5.41) is 0. The third-order valence-electron chi connectivity index (χ3n) is 6.45. The highest BCUT2D eigenvalue weighted by Crippen LogP contribution is 2.59. The SMILES string of the molecule is C[C@@H](Oc1ccc(S(C)(=O)=O)cc1C(=O)N1CC2C[C@@]2(c2cncc(C(F)(F)F)c2)C1)C(F)(F)F. The Morgan fingerprint density at radius 1 is 1.17 bits per heavy atom. The molecular weight excluding hydrogens is 502 g/mol. The molecule has 6 nitrogen and oxygen atoms in total. The second-order valence-electron chi connectivity index (χ2n) is 8.93. The lowest BCUT2D eigenvalue weighted by molar-refractivity contribution is -0.189. The number of ether oxygens (including phenoxy) is 1. The van der Waals surface area contributed by atoms with Crippen molar-refractivity contribution in [3.05, 3.63) is 53.3 Å². The van der Waals surface area contributed by atoms with Gasteiger partial charge in [-0.2, -0.15) is 26.3 Å². The van der Waals surface area contributed by atoms with Crippen molar-refractivity contribution in [1.29, 1.82) is 0 Å².